The van der Waals surface area contributed by atoms with Gasteiger partial charge in [0.2, 0.25) is 5.95 Å². The standard InChI is InChI=1S/C19H18N6O/c1-12-9-13(2)25(24-12)17-8-7-14(10-20-17)11-21-19-22-16-6-4-3-5-15(16)18(26)23-19/h3-10H,11H2,1-2H3,(H2,21,22,23,26). The van der Waals surface area contributed by atoms with Gasteiger partial charge < -0.3 is 5.32 Å². The number of benzene rings is 1. The Kier molecular flexibility index (Phi) is 3.96. The van der Waals surface area contributed by atoms with Gasteiger partial charge in [-0.05, 0) is 43.7 Å². The van der Waals surface area contributed by atoms with Crippen molar-refractivity contribution in [3.05, 3.63) is 76.0 Å². The number of rotatable bonds is 4. The highest BCUT2D eigenvalue weighted by atomic mass is 16.1. The summed E-state index contributed by atoms with van der Waals surface area (Å²) in [6.45, 7) is 4.46. The summed E-state index contributed by atoms with van der Waals surface area (Å²) in [6, 6.07) is 13.2. The van der Waals surface area contributed by atoms with Crippen molar-refractivity contribution in [3.8, 4) is 5.82 Å². The summed E-state index contributed by atoms with van der Waals surface area (Å²) in [5, 5.41) is 8.15. The number of nitrogens with zero attached hydrogens (tertiary/aromatic N) is 4. The molecule has 0 aliphatic heterocycles. The molecule has 0 radical (unpaired) electrons. The van der Waals surface area contributed by atoms with Crippen LogP contribution in [0.1, 0.15) is 17.0 Å². The average Bonchev–Trinajstić information content (AvgIpc) is 2.99. The molecule has 130 valence electrons. The van der Waals surface area contributed by atoms with Gasteiger partial charge in [-0.2, -0.15) is 5.10 Å². The van der Waals surface area contributed by atoms with E-state index >= 15 is 0 Å². The minimum absolute atomic E-state index is 0.156. The molecule has 26 heavy (non-hydrogen) atoms. The van der Waals surface area contributed by atoms with Crippen molar-refractivity contribution >= 4 is 16.9 Å². The number of anilines is 1. The number of para-hydroxylation sites is 1. The van der Waals surface area contributed by atoms with E-state index in [4.69, 9.17) is 0 Å². The van der Waals surface area contributed by atoms with Crippen LogP contribution in [-0.4, -0.2) is 24.7 Å². The van der Waals surface area contributed by atoms with Crippen molar-refractivity contribution in [3.63, 3.8) is 0 Å². The second-order valence-corrected chi connectivity index (χ2v) is 6.15. The van der Waals surface area contributed by atoms with Gasteiger partial charge in [0.1, 0.15) is 0 Å². The van der Waals surface area contributed by atoms with Crippen LogP contribution >= 0.6 is 0 Å². The van der Waals surface area contributed by atoms with Gasteiger partial charge in [0.05, 0.1) is 16.6 Å². The van der Waals surface area contributed by atoms with Gasteiger partial charge >= 0.3 is 0 Å². The summed E-state index contributed by atoms with van der Waals surface area (Å²) >= 11 is 0. The quantitative estimate of drug-likeness (QED) is 0.593. The van der Waals surface area contributed by atoms with Gasteiger partial charge in [-0.1, -0.05) is 18.2 Å². The van der Waals surface area contributed by atoms with Gasteiger partial charge in [-0.25, -0.2) is 14.6 Å². The van der Waals surface area contributed by atoms with E-state index in [-0.39, 0.29) is 5.56 Å². The van der Waals surface area contributed by atoms with Crippen LogP contribution in [0.2, 0.25) is 0 Å². The van der Waals surface area contributed by atoms with Crippen molar-refractivity contribution in [1.82, 2.24) is 24.7 Å². The number of hydrogen-bond acceptors (Lipinski definition) is 5. The van der Waals surface area contributed by atoms with E-state index in [1.54, 1.807) is 12.3 Å². The number of nitrogens with one attached hydrogen (secondary N) is 2. The Morgan fingerprint density at radius 2 is 2.00 bits per heavy atom. The van der Waals surface area contributed by atoms with Crippen molar-refractivity contribution in [2.45, 2.75) is 20.4 Å². The molecule has 0 atom stereocenters. The molecule has 0 saturated carbocycles. The fourth-order valence-electron chi connectivity index (χ4n) is 2.86. The van der Waals surface area contributed by atoms with Crippen LogP contribution in [0.3, 0.4) is 0 Å². The van der Waals surface area contributed by atoms with Crippen LogP contribution in [0.15, 0.2) is 53.5 Å². The molecule has 3 heterocycles. The lowest BCUT2D eigenvalue weighted by Gasteiger charge is -2.08. The Morgan fingerprint density at radius 3 is 2.73 bits per heavy atom. The van der Waals surface area contributed by atoms with E-state index in [2.05, 4.69) is 25.4 Å². The first kappa shape index (κ1) is 16.0. The molecule has 7 heteroatoms. The van der Waals surface area contributed by atoms with E-state index in [0.29, 0.717) is 23.4 Å². The van der Waals surface area contributed by atoms with Gasteiger partial charge in [0.15, 0.2) is 5.82 Å². The number of aromatic amines is 1. The number of pyridine rings is 1. The molecule has 0 bridgehead atoms. The van der Waals surface area contributed by atoms with Crippen LogP contribution < -0.4 is 10.9 Å². The van der Waals surface area contributed by atoms with Crippen LogP contribution in [0.5, 0.6) is 0 Å². The summed E-state index contributed by atoms with van der Waals surface area (Å²) in [7, 11) is 0. The maximum atomic E-state index is 12.1. The normalized spacial score (nSPS) is 11.0. The van der Waals surface area contributed by atoms with Crippen molar-refractivity contribution in [1.29, 1.82) is 0 Å². The average molecular weight is 346 g/mol. The largest absolute Gasteiger partial charge is 0.352 e. The fourth-order valence-corrected chi connectivity index (χ4v) is 2.86. The lowest BCUT2D eigenvalue weighted by molar-refractivity contribution is 0.804. The van der Waals surface area contributed by atoms with E-state index in [1.165, 1.54) is 0 Å². The molecule has 2 N–H and O–H groups in total. The molecule has 0 saturated heterocycles. The molecule has 0 unspecified atom stereocenters. The number of aryl methyl sites for hydroxylation is 2. The zero-order valence-electron chi connectivity index (χ0n) is 14.5. The molecule has 0 amide bonds. The third-order valence-electron chi connectivity index (χ3n) is 4.11. The molecule has 4 rings (SSSR count). The van der Waals surface area contributed by atoms with Crippen LogP contribution in [0.4, 0.5) is 5.95 Å². The maximum Gasteiger partial charge on any atom is 0.260 e. The molecule has 0 fully saturated rings. The smallest absolute Gasteiger partial charge is 0.260 e. The second kappa shape index (κ2) is 6.44. The molecule has 3 aromatic heterocycles. The topological polar surface area (TPSA) is 88.5 Å². The molecular formula is C19H18N6O. The molecule has 7 nitrogen and oxygen atoms in total. The Bertz CT molecular complexity index is 1130. The molecule has 1 aromatic carbocycles. The lowest BCUT2D eigenvalue weighted by Crippen LogP contribution is -2.13. The van der Waals surface area contributed by atoms with Gasteiger partial charge in [-0.15, -0.1) is 0 Å². The number of aromatic nitrogens is 5. The van der Waals surface area contributed by atoms with Gasteiger partial charge in [0.25, 0.3) is 5.56 Å². The summed E-state index contributed by atoms with van der Waals surface area (Å²) in [5.74, 6) is 1.22. The van der Waals surface area contributed by atoms with E-state index in [1.807, 2.05) is 54.9 Å². The third-order valence-corrected chi connectivity index (χ3v) is 4.11. The van der Waals surface area contributed by atoms with E-state index in [0.717, 1.165) is 22.8 Å². The van der Waals surface area contributed by atoms with E-state index in [9.17, 15) is 4.79 Å². The minimum Gasteiger partial charge on any atom is -0.352 e. The highest BCUT2D eigenvalue weighted by molar-refractivity contribution is 5.78. The second-order valence-electron chi connectivity index (χ2n) is 6.15. The molecule has 0 spiro atoms. The molecule has 4 aromatic rings. The first-order valence-electron chi connectivity index (χ1n) is 8.32. The van der Waals surface area contributed by atoms with E-state index < -0.39 is 0 Å². The predicted octanol–water partition coefficient (Wildman–Crippen LogP) is 2.73. The number of H-pyrrole nitrogens is 1. The summed E-state index contributed by atoms with van der Waals surface area (Å²) in [6.07, 6.45) is 1.79. The van der Waals surface area contributed by atoms with Crippen molar-refractivity contribution in [2.75, 3.05) is 5.32 Å². The Hall–Kier alpha value is -3.48. The van der Waals surface area contributed by atoms with Crippen molar-refractivity contribution in [2.24, 2.45) is 0 Å². The van der Waals surface area contributed by atoms with Gasteiger partial charge in [0, 0.05) is 18.4 Å². The third kappa shape index (κ3) is 3.06. The van der Waals surface area contributed by atoms with Gasteiger partial charge in [-0.3, -0.25) is 9.78 Å². The SMILES string of the molecule is Cc1cc(C)n(-c2ccc(CNc3nc4ccccc4c(=O)[nH]3)cn2)n1. The summed E-state index contributed by atoms with van der Waals surface area (Å²) in [4.78, 5) is 23.7. The summed E-state index contributed by atoms with van der Waals surface area (Å²) < 4.78 is 1.81. The highest BCUT2D eigenvalue weighted by Gasteiger charge is 2.06. The predicted molar refractivity (Wildman–Crippen MR) is 101 cm³/mol. The van der Waals surface area contributed by atoms with Crippen molar-refractivity contribution < 1.29 is 0 Å². The highest BCUT2D eigenvalue weighted by Crippen LogP contribution is 2.12. The Labute approximate surface area is 149 Å². The fraction of sp³-hybridized carbons (Fsp3) is 0.158. The Balaban J connectivity index is 1.52. The number of hydrogen-bond donors (Lipinski definition) is 2. The Morgan fingerprint density at radius 1 is 1.15 bits per heavy atom. The zero-order valence-corrected chi connectivity index (χ0v) is 14.5. The number of fused-ring (bicyclic) bond motifs is 1. The molecule has 0 aliphatic carbocycles. The molecule has 0 aliphatic rings. The van der Waals surface area contributed by atoms with Crippen LogP contribution in [0, 0.1) is 13.8 Å². The monoisotopic (exact) mass is 346 g/mol. The minimum atomic E-state index is -0.156. The summed E-state index contributed by atoms with van der Waals surface area (Å²) in [5.41, 5.74) is 3.49. The zero-order chi connectivity index (χ0) is 18.1. The van der Waals surface area contributed by atoms with Crippen LogP contribution in [0.25, 0.3) is 16.7 Å². The molecular weight excluding hydrogens is 328 g/mol. The van der Waals surface area contributed by atoms with Crippen LogP contribution in [-0.2, 0) is 6.54 Å². The first-order valence-corrected chi connectivity index (χ1v) is 8.32. The maximum absolute atomic E-state index is 12.1. The lowest BCUT2D eigenvalue weighted by atomic mass is 10.2. The first-order chi connectivity index (χ1) is 12.6.